The number of non-ortho nitro benzene ring substituents is 1. The lowest BCUT2D eigenvalue weighted by atomic mass is 10.0. The molecule has 0 unspecified atom stereocenters. The molecule has 2 heterocycles. The highest BCUT2D eigenvalue weighted by Gasteiger charge is 2.35. The minimum Gasteiger partial charge on any atom is -0.383 e. The average molecular weight is 459 g/mol. The number of nitro benzene ring substituents is 1. The van der Waals surface area contributed by atoms with Crippen LogP contribution in [0.4, 0.5) is 5.69 Å². The monoisotopic (exact) mass is 458 g/mol. The van der Waals surface area contributed by atoms with E-state index in [4.69, 9.17) is 4.74 Å². The van der Waals surface area contributed by atoms with Crippen molar-refractivity contribution < 1.29 is 19.2 Å². The van der Waals surface area contributed by atoms with E-state index in [1.165, 1.54) is 40.5 Å². The Kier molecular flexibility index (Phi) is 7.70. The molecule has 0 saturated heterocycles. The van der Waals surface area contributed by atoms with E-state index in [2.05, 4.69) is 5.10 Å². The fourth-order valence-corrected chi connectivity index (χ4v) is 4.23. The maximum Gasteiger partial charge on any atom is 0.269 e. The van der Waals surface area contributed by atoms with Gasteiger partial charge in [-0.15, -0.1) is 11.3 Å². The van der Waals surface area contributed by atoms with Crippen molar-refractivity contribution in [3.05, 3.63) is 62.3 Å². The number of ether oxygens (including phenoxy) is 1. The molecular weight excluding hydrogens is 432 g/mol. The first-order valence-corrected chi connectivity index (χ1v) is 11.1. The number of nitrogens with zero attached hydrogens (tertiary/aromatic N) is 4. The Balaban J connectivity index is 1.91. The highest BCUT2D eigenvalue weighted by molar-refractivity contribution is 7.12. The molecule has 3 rings (SSSR count). The number of benzene rings is 1. The van der Waals surface area contributed by atoms with E-state index in [0.29, 0.717) is 18.6 Å². The summed E-state index contributed by atoms with van der Waals surface area (Å²) in [5.74, 6) is -0.766. The summed E-state index contributed by atoms with van der Waals surface area (Å²) < 4.78 is 5.09. The van der Waals surface area contributed by atoms with Crippen LogP contribution < -0.4 is 0 Å². The van der Waals surface area contributed by atoms with Crippen LogP contribution in [0.25, 0.3) is 0 Å². The number of hydrogen-bond donors (Lipinski definition) is 0. The highest BCUT2D eigenvalue weighted by Crippen LogP contribution is 2.35. The predicted molar refractivity (Wildman–Crippen MR) is 121 cm³/mol. The molecule has 0 spiro atoms. The van der Waals surface area contributed by atoms with Gasteiger partial charge >= 0.3 is 0 Å². The van der Waals surface area contributed by atoms with Gasteiger partial charge in [-0.3, -0.25) is 19.7 Å². The smallest absolute Gasteiger partial charge is 0.269 e. The molecule has 1 aromatic carbocycles. The molecule has 0 N–H and O–H groups in total. The van der Waals surface area contributed by atoms with Gasteiger partial charge in [0.05, 0.1) is 28.2 Å². The second kappa shape index (κ2) is 10.5. The standard InChI is InChI=1S/C22H26N4O5S/c1-15(2)22(28)24(9-10-31-3)14-21(27)25-19(13-18(23-25)20-8-5-11-32-20)16-6-4-7-17(12-16)26(29)30/h4-8,11-12,15,19H,9-10,13-14H2,1-3H3/t19-/m1/s1. The van der Waals surface area contributed by atoms with E-state index in [0.717, 1.165) is 10.6 Å². The number of hydrogen-bond acceptors (Lipinski definition) is 7. The van der Waals surface area contributed by atoms with Crippen LogP contribution in [0.2, 0.25) is 0 Å². The Morgan fingerprint density at radius 2 is 2.12 bits per heavy atom. The molecule has 1 aromatic heterocycles. The molecule has 1 aliphatic heterocycles. The summed E-state index contributed by atoms with van der Waals surface area (Å²) >= 11 is 1.51. The fraction of sp³-hybridized carbons (Fsp3) is 0.409. The number of nitro groups is 1. The number of carbonyl (C=O) groups is 2. The summed E-state index contributed by atoms with van der Waals surface area (Å²) in [6.07, 6.45) is 0.434. The minimum atomic E-state index is -0.488. The van der Waals surface area contributed by atoms with Gasteiger partial charge in [-0.1, -0.05) is 32.0 Å². The summed E-state index contributed by atoms with van der Waals surface area (Å²) in [5, 5.41) is 19.1. The molecule has 2 amide bonds. The Morgan fingerprint density at radius 3 is 2.75 bits per heavy atom. The van der Waals surface area contributed by atoms with E-state index in [-0.39, 0.29) is 36.5 Å². The van der Waals surface area contributed by atoms with Gasteiger partial charge in [-0.05, 0) is 17.0 Å². The second-order valence-electron chi connectivity index (χ2n) is 7.74. The summed E-state index contributed by atoms with van der Waals surface area (Å²) in [7, 11) is 1.54. The van der Waals surface area contributed by atoms with Gasteiger partial charge in [0.1, 0.15) is 6.54 Å². The van der Waals surface area contributed by atoms with Crippen molar-refractivity contribution in [2.24, 2.45) is 11.0 Å². The van der Waals surface area contributed by atoms with E-state index in [1.54, 1.807) is 26.0 Å². The number of carbonyl (C=O) groups excluding carboxylic acids is 2. The Bertz CT molecular complexity index is 1010. The van der Waals surface area contributed by atoms with Crippen LogP contribution >= 0.6 is 11.3 Å². The Hall–Kier alpha value is -3.11. The molecular formula is C22H26N4O5S. The third-order valence-corrected chi connectivity index (χ3v) is 6.05. The number of methoxy groups -OCH3 is 1. The SMILES string of the molecule is COCCN(CC(=O)N1N=C(c2cccs2)C[C@@H]1c1cccc([N+](=O)[O-])c1)C(=O)C(C)C. The van der Waals surface area contributed by atoms with Gasteiger partial charge in [0.15, 0.2) is 0 Å². The summed E-state index contributed by atoms with van der Waals surface area (Å²) in [4.78, 5) is 39.1. The lowest BCUT2D eigenvalue weighted by molar-refractivity contribution is -0.385. The molecule has 1 aliphatic rings. The summed E-state index contributed by atoms with van der Waals surface area (Å²) in [6, 6.07) is 9.59. The number of amides is 2. The van der Waals surface area contributed by atoms with Crippen LogP contribution in [0.1, 0.15) is 36.8 Å². The van der Waals surface area contributed by atoms with Crippen molar-refractivity contribution in [2.45, 2.75) is 26.3 Å². The van der Waals surface area contributed by atoms with Gasteiger partial charge in [0, 0.05) is 38.1 Å². The topological polar surface area (TPSA) is 105 Å². The maximum absolute atomic E-state index is 13.3. The lowest BCUT2D eigenvalue weighted by Gasteiger charge is -2.27. The molecule has 170 valence electrons. The Labute approximate surface area is 190 Å². The van der Waals surface area contributed by atoms with Crippen molar-refractivity contribution in [1.82, 2.24) is 9.91 Å². The van der Waals surface area contributed by atoms with Gasteiger partial charge in [-0.25, -0.2) is 5.01 Å². The molecule has 10 heteroatoms. The van der Waals surface area contributed by atoms with Crippen LogP contribution in [0.3, 0.4) is 0 Å². The van der Waals surface area contributed by atoms with Crippen molar-refractivity contribution in [1.29, 1.82) is 0 Å². The fourth-order valence-electron chi connectivity index (χ4n) is 3.51. The number of rotatable bonds is 9. The zero-order chi connectivity index (χ0) is 23.3. The van der Waals surface area contributed by atoms with Gasteiger partial charge in [0.25, 0.3) is 11.6 Å². The van der Waals surface area contributed by atoms with Gasteiger partial charge in [0.2, 0.25) is 5.91 Å². The van der Waals surface area contributed by atoms with Crippen molar-refractivity contribution in [2.75, 3.05) is 26.8 Å². The van der Waals surface area contributed by atoms with E-state index >= 15 is 0 Å². The zero-order valence-corrected chi connectivity index (χ0v) is 19.1. The molecule has 1 atom stereocenters. The van der Waals surface area contributed by atoms with Crippen LogP contribution in [0.5, 0.6) is 0 Å². The third-order valence-electron chi connectivity index (χ3n) is 5.13. The quantitative estimate of drug-likeness (QED) is 0.423. The lowest BCUT2D eigenvalue weighted by Crippen LogP contribution is -2.44. The first-order valence-electron chi connectivity index (χ1n) is 10.3. The van der Waals surface area contributed by atoms with E-state index in [1.807, 2.05) is 17.5 Å². The van der Waals surface area contributed by atoms with E-state index in [9.17, 15) is 19.7 Å². The van der Waals surface area contributed by atoms with Crippen molar-refractivity contribution >= 4 is 34.6 Å². The minimum absolute atomic E-state index is 0.0452. The van der Waals surface area contributed by atoms with E-state index < -0.39 is 11.0 Å². The van der Waals surface area contributed by atoms with Crippen LogP contribution in [-0.2, 0) is 14.3 Å². The average Bonchev–Trinajstić information content (AvgIpc) is 3.46. The van der Waals surface area contributed by atoms with Gasteiger partial charge < -0.3 is 9.64 Å². The molecule has 0 fully saturated rings. The number of hydrazone groups is 1. The largest absolute Gasteiger partial charge is 0.383 e. The molecule has 0 aliphatic carbocycles. The van der Waals surface area contributed by atoms with Crippen LogP contribution in [0.15, 0.2) is 46.9 Å². The van der Waals surface area contributed by atoms with Gasteiger partial charge in [-0.2, -0.15) is 5.10 Å². The maximum atomic E-state index is 13.3. The Morgan fingerprint density at radius 1 is 1.34 bits per heavy atom. The predicted octanol–water partition coefficient (Wildman–Crippen LogP) is 3.47. The molecule has 32 heavy (non-hydrogen) atoms. The zero-order valence-electron chi connectivity index (χ0n) is 18.3. The number of thiophene rings is 1. The molecule has 0 saturated carbocycles. The summed E-state index contributed by atoms with van der Waals surface area (Å²) in [6.45, 7) is 4.01. The molecule has 0 bridgehead atoms. The highest BCUT2D eigenvalue weighted by atomic mass is 32.1. The first kappa shape index (κ1) is 23.6. The first-order chi connectivity index (χ1) is 15.3. The van der Waals surface area contributed by atoms with Crippen molar-refractivity contribution in [3.63, 3.8) is 0 Å². The van der Waals surface area contributed by atoms with Crippen molar-refractivity contribution in [3.8, 4) is 0 Å². The normalized spacial score (nSPS) is 15.7. The van der Waals surface area contributed by atoms with Crippen LogP contribution in [-0.4, -0.2) is 59.2 Å². The van der Waals surface area contributed by atoms with Crippen LogP contribution in [0, 0.1) is 16.0 Å². The summed E-state index contributed by atoms with van der Waals surface area (Å²) in [5.41, 5.74) is 1.32. The molecule has 9 nitrogen and oxygen atoms in total. The second-order valence-corrected chi connectivity index (χ2v) is 8.69. The molecule has 2 aromatic rings. The third kappa shape index (κ3) is 5.38. The molecule has 0 radical (unpaired) electrons.